The molecule has 2 heterocycles. The number of nitrogens with zero attached hydrogens (tertiary/aromatic N) is 3. The highest BCUT2D eigenvalue weighted by atomic mass is 19.4. The van der Waals surface area contributed by atoms with Crippen LogP contribution in [0.1, 0.15) is 32.1 Å². The molecular weight excluding hydrogens is 461 g/mol. The van der Waals surface area contributed by atoms with Gasteiger partial charge in [0.25, 0.3) is 5.54 Å². The maximum absolute atomic E-state index is 14.2. The zero-order valence-electron chi connectivity index (χ0n) is 16.8. The Morgan fingerprint density at radius 2 is 1.52 bits per heavy atom. The van der Waals surface area contributed by atoms with Crippen LogP contribution in [0.15, 0.2) is 34.3 Å². The topological polar surface area (TPSA) is 74.1 Å². The summed E-state index contributed by atoms with van der Waals surface area (Å²) in [6, 6.07) is 2.41. The molecule has 33 heavy (non-hydrogen) atoms. The number of fused-ring (bicyclic) bond motifs is 1. The predicted octanol–water partition coefficient (Wildman–Crippen LogP) is 4.75. The van der Waals surface area contributed by atoms with E-state index in [4.69, 9.17) is 0 Å². The van der Waals surface area contributed by atoms with Crippen LogP contribution in [0, 0.1) is 17.7 Å². The number of carbonyl (C=O) groups excluding carboxylic acids is 2. The van der Waals surface area contributed by atoms with Crippen LogP contribution in [0.3, 0.4) is 0 Å². The van der Waals surface area contributed by atoms with Gasteiger partial charge in [-0.05, 0) is 37.1 Å². The zero-order valence-corrected chi connectivity index (χ0v) is 16.8. The first kappa shape index (κ1) is 23.2. The van der Waals surface area contributed by atoms with Crippen molar-refractivity contribution < 1.29 is 40.3 Å². The van der Waals surface area contributed by atoms with Gasteiger partial charge in [0.1, 0.15) is 23.4 Å². The number of anilines is 1. The van der Waals surface area contributed by atoms with Crippen LogP contribution in [-0.2, 0) is 4.79 Å². The summed E-state index contributed by atoms with van der Waals surface area (Å²) in [5.41, 5.74) is -5.10. The van der Waals surface area contributed by atoms with Gasteiger partial charge in [-0.1, -0.05) is 19.3 Å². The van der Waals surface area contributed by atoms with E-state index in [1.807, 2.05) is 0 Å². The van der Waals surface area contributed by atoms with Crippen molar-refractivity contribution in [1.29, 1.82) is 0 Å². The van der Waals surface area contributed by atoms with Gasteiger partial charge >= 0.3 is 18.4 Å². The van der Waals surface area contributed by atoms with Gasteiger partial charge in [-0.3, -0.25) is 10.1 Å². The number of hydrogen-bond acceptors (Lipinski definition) is 4. The van der Waals surface area contributed by atoms with Gasteiger partial charge in [-0.15, -0.1) is 0 Å². The summed E-state index contributed by atoms with van der Waals surface area (Å²) in [4.78, 5) is 32.5. The molecule has 3 aliphatic rings. The summed E-state index contributed by atoms with van der Waals surface area (Å²) in [6.45, 7) is 0. The molecule has 1 aliphatic carbocycles. The molecule has 1 aromatic carbocycles. The number of amides is 3. The maximum atomic E-state index is 14.2. The third-order valence-electron chi connectivity index (χ3n) is 6.04. The van der Waals surface area contributed by atoms with Crippen molar-refractivity contribution in [2.75, 3.05) is 4.90 Å². The monoisotopic (exact) mass is 478 g/mol. The fraction of sp³-hybridized carbons (Fsp3) is 0.500. The molecule has 0 aromatic heterocycles. The Kier molecular flexibility index (Phi) is 5.48. The fourth-order valence-electron chi connectivity index (χ4n) is 4.46. The second-order valence-corrected chi connectivity index (χ2v) is 8.08. The molecule has 178 valence electrons. The molecule has 1 saturated heterocycles. The Hall–Kier alpha value is -2.99. The summed E-state index contributed by atoms with van der Waals surface area (Å²) in [5.74, 6) is -8.12. The maximum Gasteiger partial charge on any atom is 0.423 e. The molecule has 1 unspecified atom stereocenters. The Balaban J connectivity index is 1.98. The van der Waals surface area contributed by atoms with Gasteiger partial charge in [-0.2, -0.15) is 26.3 Å². The second-order valence-electron chi connectivity index (χ2n) is 8.08. The molecule has 0 spiro atoms. The summed E-state index contributed by atoms with van der Waals surface area (Å²) >= 11 is 0. The number of imide groups is 1. The van der Waals surface area contributed by atoms with Crippen molar-refractivity contribution in [1.82, 2.24) is 5.32 Å². The van der Waals surface area contributed by atoms with Crippen LogP contribution < -0.4 is 10.2 Å². The quantitative estimate of drug-likeness (QED) is 0.623. The molecule has 6 nitrogen and oxygen atoms in total. The average molecular weight is 478 g/mol. The van der Waals surface area contributed by atoms with Crippen molar-refractivity contribution in [2.24, 2.45) is 21.8 Å². The van der Waals surface area contributed by atoms with Crippen LogP contribution >= 0.6 is 0 Å². The van der Waals surface area contributed by atoms with E-state index >= 15 is 0 Å². The van der Waals surface area contributed by atoms with E-state index < -0.39 is 59.2 Å². The normalized spacial score (nSPS) is 24.1. The lowest BCUT2D eigenvalue weighted by Gasteiger charge is -2.46. The second kappa shape index (κ2) is 7.80. The smallest absolute Gasteiger partial charge is 0.277 e. The van der Waals surface area contributed by atoms with Crippen LogP contribution in [0.2, 0.25) is 0 Å². The molecule has 3 amide bonds. The average Bonchev–Trinajstić information content (AvgIpc) is 2.73. The highest BCUT2D eigenvalue weighted by Crippen LogP contribution is 2.54. The largest absolute Gasteiger partial charge is 0.423 e. The summed E-state index contributed by atoms with van der Waals surface area (Å²) in [5, 5.41) is 1.54. The standard InChI is InChI=1S/C20H17F7N4O2/c21-11-6-8-12(9-7-11)31-15-13(16(32)29-17(31)33)18(19(22,23)24,20(25,26)27)30-14(28-15)10-4-2-1-3-5-10/h6-10,13H,1-5H2,(H,29,32,33). The van der Waals surface area contributed by atoms with Crippen LogP contribution in [0.5, 0.6) is 0 Å². The van der Waals surface area contributed by atoms with Gasteiger partial charge in [0.05, 0.1) is 5.69 Å². The van der Waals surface area contributed by atoms with Crippen molar-refractivity contribution in [3.63, 3.8) is 0 Å². The summed E-state index contributed by atoms with van der Waals surface area (Å²) in [7, 11) is 0. The van der Waals surface area contributed by atoms with Gasteiger partial charge in [0.15, 0.2) is 0 Å². The SMILES string of the molecule is O=C1NC(=O)N(c2ccc(F)cc2)C2=NC(C3CCCCC3)=NC(C(F)(F)F)(C(F)(F)F)C12. The number of rotatable bonds is 2. The molecular formula is C20H17F7N4O2. The van der Waals surface area contributed by atoms with Gasteiger partial charge in [0, 0.05) is 5.92 Å². The lowest BCUT2D eigenvalue weighted by atomic mass is 9.77. The Morgan fingerprint density at radius 1 is 0.939 bits per heavy atom. The third kappa shape index (κ3) is 3.66. The van der Waals surface area contributed by atoms with Gasteiger partial charge < -0.3 is 0 Å². The van der Waals surface area contributed by atoms with Crippen LogP contribution in [0.25, 0.3) is 0 Å². The van der Waals surface area contributed by atoms with Crippen LogP contribution in [0.4, 0.5) is 41.2 Å². The summed E-state index contributed by atoms with van der Waals surface area (Å²) in [6.07, 6.45) is -9.67. The fourth-order valence-corrected chi connectivity index (χ4v) is 4.46. The first-order chi connectivity index (χ1) is 15.4. The molecule has 0 bridgehead atoms. The van der Waals surface area contributed by atoms with Crippen molar-refractivity contribution in [3.8, 4) is 0 Å². The number of alkyl halides is 6. The minimum absolute atomic E-state index is 0.256. The number of hydrogen-bond donors (Lipinski definition) is 1. The van der Waals surface area contributed by atoms with Gasteiger partial charge in [-0.25, -0.2) is 24.1 Å². The Labute approximate surface area is 182 Å². The van der Waals surface area contributed by atoms with Crippen molar-refractivity contribution >= 4 is 29.3 Å². The Bertz CT molecular complexity index is 1010. The van der Waals surface area contributed by atoms with E-state index in [0.29, 0.717) is 17.7 Å². The van der Waals surface area contributed by atoms with E-state index in [1.165, 1.54) is 5.32 Å². The zero-order chi connectivity index (χ0) is 24.2. The molecule has 13 heteroatoms. The first-order valence-electron chi connectivity index (χ1n) is 10.1. The minimum Gasteiger partial charge on any atom is -0.277 e. The lowest BCUT2D eigenvalue weighted by Crippen LogP contribution is -2.73. The van der Waals surface area contributed by atoms with E-state index in [0.717, 1.165) is 30.7 Å². The van der Waals surface area contributed by atoms with Crippen LogP contribution in [-0.4, -0.2) is 41.5 Å². The third-order valence-corrected chi connectivity index (χ3v) is 6.04. The highest BCUT2D eigenvalue weighted by molar-refractivity contribution is 6.32. The number of amidine groups is 2. The van der Waals surface area contributed by atoms with Gasteiger partial charge in [0.2, 0.25) is 5.91 Å². The molecule has 1 N–H and O–H groups in total. The molecule has 4 rings (SSSR count). The van der Waals surface area contributed by atoms with E-state index in [9.17, 15) is 40.3 Å². The molecule has 2 fully saturated rings. The molecule has 1 saturated carbocycles. The molecule has 1 aromatic rings. The number of nitrogens with one attached hydrogen (secondary N) is 1. The molecule has 1 atom stereocenters. The predicted molar refractivity (Wildman–Crippen MR) is 102 cm³/mol. The minimum atomic E-state index is -6.04. The van der Waals surface area contributed by atoms with E-state index in [-0.39, 0.29) is 18.5 Å². The number of carbonyl (C=O) groups is 2. The number of benzene rings is 1. The Morgan fingerprint density at radius 3 is 2.06 bits per heavy atom. The molecule has 0 radical (unpaired) electrons. The first-order valence-corrected chi connectivity index (χ1v) is 10.1. The van der Waals surface area contributed by atoms with E-state index in [2.05, 4.69) is 9.98 Å². The molecule has 2 aliphatic heterocycles. The van der Waals surface area contributed by atoms with Crippen molar-refractivity contribution in [2.45, 2.75) is 50.0 Å². The number of aliphatic imine (C=N–C) groups is 2. The van der Waals surface area contributed by atoms with E-state index in [1.54, 1.807) is 0 Å². The summed E-state index contributed by atoms with van der Waals surface area (Å²) < 4.78 is 98.8. The van der Waals surface area contributed by atoms with Crippen molar-refractivity contribution in [3.05, 3.63) is 30.1 Å². The number of halogens is 7. The highest BCUT2D eigenvalue weighted by Gasteiger charge is 2.79. The lowest BCUT2D eigenvalue weighted by molar-refractivity contribution is -0.302. The number of urea groups is 1.